The molecule has 0 aliphatic heterocycles. The predicted molar refractivity (Wildman–Crippen MR) is 101 cm³/mol. The molecule has 130 valence electrons. The van der Waals surface area contributed by atoms with Gasteiger partial charge in [0.05, 0.1) is 0 Å². The van der Waals surface area contributed by atoms with Gasteiger partial charge in [-0.3, -0.25) is 4.79 Å². The highest BCUT2D eigenvalue weighted by molar-refractivity contribution is 5.89. The normalized spacial score (nSPS) is 10.5. The summed E-state index contributed by atoms with van der Waals surface area (Å²) in [4.78, 5) is 24.9. The topological polar surface area (TPSA) is 61.4 Å². The van der Waals surface area contributed by atoms with E-state index < -0.39 is 0 Å². The molecule has 0 heterocycles. The van der Waals surface area contributed by atoms with Gasteiger partial charge in [0.15, 0.2) is 0 Å². The van der Waals surface area contributed by atoms with Crippen LogP contribution in [0.15, 0.2) is 60.7 Å². The molecule has 0 aliphatic rings. The average Bonchev–Trinajstić information content (AvgIpc) is 2.60. The van der Waals surface area contributed by atoms with Crippen molar-refractivity contribution >= 4 is 23.7 Å². The van der Waals surface area contributed by atoms with E-state index in [0.29, 0.717) is 18.8 Å². The van der Waals surface area contributed by atoms with Gasteiger partial charge in [0.25, 0.3) is 0 Å². The maximum Gasteiger partial charge on any atom is 0.319 e. The molecule has 0 saturated heterocycles. The zero-order valence-corrected chi connectivity index (χ0v) is 14.5. The van der Waals surface area contributed by atoms with E-state index in [1.54, 1.807) is 11.9 Å². The van der Waals surface area contributed by atoms with Crippen LogP contribution < -0.4 is 10.6 Å². The van der Waals surface area contributed by atoms with Crippen LogP contribution in [0.1, 0.15) is 18.1 Å². The van der Waals surface area contributed by atoms with E-state index >= 15 is 0 Å². The third-order valence-electron chi connectivity index (χ3n) is 3.63. The molecule has 0 spiro atoms. The van der Waals surface area contributed by atoms with Gasteiger partial charge in [-0.2, -0.15) is 0 Å². The minimum absolute atomic E-state index is 0.00121. The van der Waals surface area contributed by atoms with Crippen molar-refractivity contribution in [1.82, 2.24) is 10.2 Å². The molecular formula is C20H23N3O2. The molecule has 5 heteroatoms. The number of carbonyl (C=O) groups excluding carboxylic acids is 2. The summed E-state index contributed by atoms with van der Waals surface area (Å²) in [5.74, 6) is 0.00121. The van der Waals surface area contributed by atoms with Gasteiger partial charge < -0.3 is 15.5 Å². The van der Waals surface area contributed by atoms with Crippen LogP contribution >= 0.6 is 0 Å². The van der Waals surface area contributed by atoms with Crippen molar-refractivity contribution in [1.29, 1.82) is 0 Å². The maximum absolute atomic E-state index is 11.9. The van der Waals surface area contributed by atoms with E-state index in [9.17, 15) is 9.59 Å². The summed E-state index contributed by atoms with van der Waals surface area (Å²) in [6, 6.07) is 17.1. The van der Waals surface area contributed by atoms with Gasteiger partial charge >= 0.3 is 6.03 Å². The van der Waals surface area contributed by atoms with Crippen molar-refractivity contribution < 1.29 is 9.59 Å². The Labute approximate surface area is 148 Å². The molecule has 0 bridgehead atoms. The molecule has 0 radical (unpaired) electrons. The number of hydrogen-bond donors (Lipinski definition) is 2. The first-order chi connectivity index (χ1) is 12.0. The Morgan fingerprint density at radius 2 is 1.84 bits per heavy atom. The van der Waals surface area contributed by atoms with Crippen LogP contribution in [-0.4, -0.2) is 30.4 Å². The van der Waals surface area contributed by atoms with Crippen LogP contribution in [0.2, 0.25) is 0 Å². The van der Waals surface area contributed by atoms with Crippen molar-refractivity contribution in [2.75, 3.05) is 18.9 Å². The first-order valence-corrected chi connectivity index (χ1v) is 8.11. The van der Waals surface area contributed by atoms with Gasteiger partial charge in [0.1, 0.15) is 0 Å². The fourth-order valence-corrected chi connectivity index (χ4v) is 2.22. The van der Waals surface area contributed by atoms with Crippen molar-refractivity contribution in [3.8, 4) is 0 Å². The zero-order valence-electron chi connectivity index (χ0n) is 14.5. The molecule has 2 rings (SSSR count). The number of urea groups is 1. The van der Waals surface area contributed by atoms with E-state index in [1.165, 1.54) is 6.92 Å². The minimum atomic E-state index is -0.269. The smallest absolute Gasteiger partial charge is 0.319 e. The van der Waals surface area contributed by atoms with Crippen LogP contribution in [0, 0.1) is 0 Å². The second-order valence-electron chi connectivity index (χ2n) is 5.72. The quantitative estimate of drug-likeness (QED) is 0.847. The van der Waals surface area contributed by atoms with Crippen molar-refractivity contribution in [3.05, 3.63) is 71.8 Å². The number of amides is 3. The molecule has 0 atom stereocenters. The van der Waals surface area contributed by atoms with Crippen molar-refractivity contribution in [2.45, 2.75) is 13.5 Å². The highest BCUT2D eigenvalue weighted by atomic mass is 16.2. The number of hydrogen-bond acceptors (Lipinski definition) is 2. The maximum atomic E-state index is 11.9. The minimum Gasteiger partial charge on any atom is -0.342 e. The van der Waals surface area contributed by atoms with Crippen molar-refractivity contribution in [3.63, 3.8) is 0 Å². The lowest BCUT2D eigenvalue weighted by molar-refractivity contribution is -0.128. The van der Waals surface area contributed by atoms with Gasteiger partial charge in [-0.25, -0.2) is 4.79 Å². The molecule has 0 aromatic heterocycles. The lowest BCUT2D eigenvalue weighted by Crippen LogP contribution is -2.28. The lowest BCUT2D eigenvalue weighted by Gasteiger charge is -2.15. The molecule has 0 unspecified atom stereocenters. The van der Waals surface area contributed by atoms with Crippen LogP contribution in [0.5, 0.6) is 0 Å². The molecule has 2 aromatic rings. The number of nitrogens with zero attached hydrogens (tertiary/aromatic N) is 1. The SMILES string of the molecule is CC(=O)N(C)Cc1cccc(NC(=O)NCC=Cc2ccccc2)c1. The number of rotatable bonds is 6. The zero-order chi connectivity index (χ0) is 18.1. The highest BCUT2D eigenvalue weighted by Crippen LogP contribution is 2.12. The Morgan fingerprint density at radius 3 is 2.56 bits per heavy atom. The van der Waals surface area contributed by atoms with E-state index in [4.69, 9.17) is 0 Å². The van der Waals surface area contributed by atoms with Gasteiger partial charge in [-0.1, -0.05) is 54.6 Å². The monoisotopic (exact) mass is 337 g/mol. The Morgan fingerprint density at radius 1 is 1.08 bits per heavy atom. The first kappa shape index (κ1) is 18.3. The number of anilines is 1. The van der Waals surface area contributed by atoms with Crippen molar-refractivity contribution in [2.24, 2.45) is 0 Å². The second-order valence-corrected chi connectivity index (χ2v) is 5.72. The van der Waals surface area contributed by atoms with E-state index in [-0.39, 0.29) is 11.9 Å². The standard InChI is InChI=1S/C20H23N3O2/c1-16(24)23(2)15-18-10-6-12-19(14-18)22-20(25)21-13-7-11-17-8-4-3-5-9-17/h3-12,14H,13,15H2,1-2H3,(H2,21,22,25). The lowest BCUT2D eigenvalue weighted by atomic mass is 10.2. The number of carbonyl (C=O) groups is 2. The molecule has 0 aliphatic carbocycles. The fourth-order valence-electron chi connectivity index (χ4n) is 2.22. The van der Waals surface area contributed by atoms with Crippen LogP contribution in [0.4, 0.5) is 10.5 Å². The first-order valence-electron chi connectivity index (χ1n) is 8.11. The van der Waals surface area contributed by atoms with Gasteiger partial charge in [-0.05, 0) is 23.3 Å². The summed E-state index contributed by atoms with van der Waals surface area (Å²) in [5.41, 5.74) is 2.74. The second kappa shape index (κ2) is 9.27. The van der Waals surface area contributed by atoms with Gasteiger partial charge in [0, 0.05) is 32.7 Å². The van der Waals surface area contributed by atoms with Gasteiger partial charge in [-0.15, -0.1) is 0 Å². The summed E-state index contributed by atoms with van der Waals surface area (Å²) in [5, 5.41) is 5.57. The number of benzene rings is 2. The van der Waals surface area contributed by atoms with Crippen LogP contribution in [-0.2, 0) is 11.3 Å². The molecule has 25 heavy (non-hydrogen) atoms. The molecule has 0 fully saturated rings. The highest BCUT2D eigenvalue weighted by Gasteiger charge is 2.05. The number of nitrogens with one attached hydrogen (secondary N) is 2. The molecule has 2 aromatic carbocycles. The Hall–Kier alpha value is -3.08. The molecule has 3 amide bonds. The van der Waals surface area contributed by atoms with Crippen LogP contribution in [0.3, 0.4) is 0 Å². The summed E-state index contributed by atoms with van der Waals surface area (Å²) >= 11 is 0. The van der Waals surface area contributed by atoms with E-state index in [0.717, 1.165) is 11.1 Å². The molecular weight excluding hydrogens is 314 g/mol. The molecule has 2 N–H and O–H groups in total. The Bertz CT molecular complexity index is 742. The molecule has 0 saturated carbocycles. The summed E-state index contributed by atoms with van der Waals surface area (Å²) in [6.45, 7) is 2.47. The fraction of sp³-hybridized carbons (Fsp3) is 0.200. The van der Waals surface area contributed by atoms with Crippen LogP contribution in [0.25, 0.3) is 6.08 Å². The van der Waals surface area contributed by atoms with E-state index in [2.05, 4.69) is 10.6 Å². The largest absolute Gasteiger partial charge is 0.342 e. The Kier molecular flexibility index (Phi) is 6.77. The Balaban J connectivity index is 1.82. The third-order valence-corrected chi connectivity index (χ3v) is 3.63. The average molecular weight is 337 g/mol. The van der Waals surface area contributed by atoms with Gasteiger partial charge in [0.2, 0.25) is 5.91 Å². The molecule has 5 nitrogen and oxygen atoms in total. The van der Waals surface area contributed by atoms with E-state index in [1.807, 2.05) is 66.7 Å². The predicted octanol–water partition coefficient (Wildman–Crippen LogP) is 3.50. The summed E-state index contributed by atoms with van der Waals surface area (Å²) < 4.78 is 0. The summed E-state index contributed by atoms with van der Waals surface area (Å²) in [6.07, 6.45) is 3.85. The summed E-state index contributed by atoms with van der Waals surface area (Å²) in [7, 11) is 1.74. The third kappa shape index (κ3) is 6.51.